The van der Waals surface area contributed by atoms with Gasteiger partial charge in [-0.2, -0.15) is 0 Å². The lowest BCUT2D eigenvalue weighted by atomic mass is 9.51. The Morgan fingerprint density at radius 1 is 1.13 bits per heavy atom. The lowest BCUT2D eigenvalue weighted by Gasteiger charge is -2.53. The van der Waals surface area contributed by atoms with Gasteiger partial charge in [-0.3, -0.25) is 4.79 Å². The summed E-state index contributed by atoms with van der Waals surface area (Å²) in [5.41, 5.74) is 5.43. The molecule has 0 radical (unpaired) electrons. The van der Waals surface area contributed by atoms with E-state index in [1.54, 1.807) is 5.57 Å². The van der Waals surface area contributed by atoms with Crippen molar-refractivity contribution < 1.29 is 9.90 Å². The van der Waals surface area contributed by atoms with Gasteiger partial charge in [-0.15, -0.1) is 6.42 Å². The van der Waals surface area contributed by atoms with E-state index < -0.39 is 5.60 Å². The Bertz CT molecular complexity index is 1020. The van der Waals surface area contributed by atoms with Gasteiger partial charge >= 0.3 is 0 Å². The normalized spacial score (nSPS) is 36.8. The highest BCUT2D eigenvalue weighted by atomic mass is 16.3. The highest BCUT2D eigenvalue weighted by molar-refractivity contribution is 5.93. The molecule has 5 rings (SSSR count). The number of rotatable bonds is 2. The second kappa shape index (κ2) is 7.10. The molecule has 31 heavy (non-hydrogen) atoms. The van der Waals surface area contributed by atoms with Crippen molar-refractivity contribution >= 4 is 11.5 Å². The summed E-state index contributed by atoms with van der Waals surface area (Å²) in [6.07, 6.45) is 13.9. The van der Waals surface area contributed by atoms with Gasteiger partial charge in [0.2, 0.25) is 0 Å². The number of hydrogen-bond donors (Lipinski definition) is 1. The summed E-state index contributed by atoms with van der Waals surface area (Å²) in [4.78, 5) is 14.2. The van der Waals surface area contributed by atoms with E-state index in [9.17, 15) is 9.90 Å². The minimum absolute atomic E-state index is 0.243. The number of benzene rings is 1. The number of terminal acetylenes is 1. The summed E-state index contributed by atoms with van der Waals surface area (Å²) in [7, 11) is 4.12. The number of carbonyl (C=O) groups is 1. The van der Waals surface area contributed by atoms with E-state index in [2.05, 4.69) is 56.1 Å². The average Bonchev–Trinajstić information content (AvgIpc) is 3.04. The number of nitrogens with zero attached hydrogens (tertiary/aromatic N) is 1. The van der Waals surface area contributed by atoms with Crippen LogP contribution in [-0.2, 0) is 4.79 Å². The van der Waals surface area contributed by atoms with E-state index in [1.165, 1.54) is 22.4 Å². The summed E-state index contributed by atoms with van der Waals surface area (Å²) in [5, 5.41) is 11.5. The van der Waals surface area contributed by atoms with Gasteiger partial charge in [0, 0.05) is 37.5 Å². The SMILES string of the molecule is C#C[C@]1(O)CCC2C3CCC4=CC(=O)CCC4=C3C(c3ccc(N(C)C)cc3)CC21C. The lowest BCUT2D eigenvalue weighted by Crippen LogP contribution is -2.50. The molecule has 0 aromatic heterocycles. The van der Waals surface area contributed by atoms with Crippen molar-refractivity contribution in [3.05, 3.63) is 52.6 Å². The Labute approximate surface area is 186 Å². The quantitative estimate of drug-likeness (QED) is 0.690. The standard InChI is InChI=1S/C28H33NO2/c1-5-28(31)15-14-25-23-12-8-19-16-21(30)11-13-22(19)26(23)24(17-27(25,28)2)18-6-9-20(10-7-18)29(3)4/h1,6-7,9-10,16,23-25,31H,8,11-15,17H2,2-4H3/t23?,24?,25?,27?,28-/m0/s1. The van der Waals surface area contributed by atoms with E-state index in [1.807, 2.05) is 6.08 Å². The maximum atomic E-state index is 12.1. The van der Waals surface area contributed by atoms with E-state index in [0.29, 0.717) is 24.7 Å². The highest BCUT2D eigenvalue weighted by Gasteiger charge is 2.62. The first-order valence-electron chi connectivity index (χ1n) is 11.7. The molecule has 4 aliphatic carbocycles. The second-order valence-electron chi connectivity index (χ2n) is 10.5. The maximum absolute atomic E-state index is 12.1. The molecule has 0 amide bonds. The number of anilines is 1. The maximum Gasteiger partial charge on any atom is 0.156 e. The fraction of sp³-hybridized carbons (Fsp3) is 0.536. The second-order valence-corrected chi connectivity index (χ2v) is 10.5. The molecule has 4 aliphatic rings. The third-order valence-electron chi connectivity index (χ3n) is 8.94. The number of ketones is 1. The topological polar surface area (TPSA) is 40.5 Å². The number of allylic oxidation sites excluding steroid dienone is 4. The number of aliphatic hydroxyl groups is 1. The van der Waals surface area contributed by atoms with E-state index in [0.717, 1.165) is 32.1 Å². The molecule has 162 valence electrons. The highest BCUT2D eigenvalue weighted by Crippen LogP contribution is 2.66. The van der Waals surface area contributed by atoms with Crippen LogP contribution in [-0.4, -0.2) is 30.6 Å². The van der Waals surface area contributed by atoms with Crippen LogP contribution in [0.25, 0.3) is 0 Å². The average molecular weight is 416 g/mol. The first-order chi connectivity index (χ1) is 14.8. The predicted molar refractivity (Wildman–Crippen MR) is 125 cm³/mol. The van der Waals surface area contributed by atoms with Crippen LogP contribution in [0, 0.1) is 29.6 Å². The van der Waals surface area contributed by atoms with Gasteiger partial charge in [0.15, 0.2) is 5.78 Å². The number of carbonyl (C=O) groups excluding carboxylic acids is 1. The van der Waals surface area contributed by atoms with E-state index >= 15 is 0 Å². The molecule has 0 aliphatic heterocycles. The lowest BCUT2D eigenvalue weighted by molar-refractivity contribution is -0.114. The fourth-order valence-corrected chi connectivity index (χ4v) is 7.21. The molecule has 2 fully saturated rings. The monoisotopic (exact) mass is 415 g/mol. The zero-order chi connectivity index (χ0) is 22.0. The molecular formula is C28H33NO2. The summed E-state index contributed by atoms with van der Waals surface area (Å²) < 4.78 is 0. The molecular weight excluding hydrogens is 382 g/mol. The number of fused-ring (bicyclic) bond motifs is 4. The van der Waals surface area contributed by atoms with E-state index in [4.69, 9.17) is 6.42 Å². The van der Waals surface area contributed by atoms with Crippen LogP contribution in [0.2, 0.25) is 0 Å². The zero-order valence-corrected chi connectivity index (χ0v) is 18.9. The minimum atomic E-state index is -1.03. The van der Waals surface area contributed by atoms with Crippen LogP contribution in [0.4, 0.5) is 5.69 Å². The Morgan fingerprint density at radius 2 is 1.87 bits per heavy atom. The summed E-state index contributed by atoms with van der Waals surface area (Å²) in [6, 6.07) is 8.89. The van der Waals surface area contributed by atoms with Crippen LogP contribution in [0.5, 0.6) is 0 Å². The smallest absolute Gasteiger partial charge is 0.156 e. The van der Waals surface area contributed by atoms with Crippen molar-refractivity contribution in [1.82, 2.24) is 0 Å². The van der Waals surface area contributed by atoms with Gasteiger partial charge in [-0.25, -0.2) is 0 Å². The summed E-state index contributed by atoms with van der Waals surface area (Å²) in [6.45, 7) is 2.24. The number of hydrogen-bond acceptors (Lipinski definition) is 3. The van der Waals surface area contributed by atoms with Crippen LogP contribution in [0.3, 0.4) is 0 Å². The molecule has 1 aromatic carbocycles. The van der Waals surface area contributed by atoms with Crippen molar-refractivity contribution in [1.29, 1.82) is 0 Å². The molecule has 5 atom stereocenters. The van der Waals surface area contributed by atoms with Gasteiger partial charge in [-0.1, -0.05) is 30.6 Å². The molecule has 0 spiro atoms. The van der Waals surface area contributed by atoms with Crippen molar-refractivity contribution in [2.24, 2.45) is 17.3 Å². The first kappa shape index (κ1) is 20.6. The fourth-order valence-electron chi connectivity index (χ4n) is 7.21. The van der Waals surface area contributed by atoms with Crippen LogP contribution >= 0.6 is 0 Å². The third kappa shape index (κ3) is 2.95. The minimum Gasteiger partial charge on any atom is -0.378 e. The Balaban J connectivity index is 1.67. The summed E-state index contributed by atoms with van der Waals surface area (Å²) in [5.74, 6) is 4.18. The molecule has 0 saturated heterocycles. The van der Waals surface area contributed by atoms with Gasteiger partial charge in [0.25, 0.3) is 0 Å². The van der Waals surface area contributed by atoms with Crippen molar-refractivity contribution in [3.63, 3.8) is 0 Å². The van der Waals surface area contributed by atoms with Gasteiger partial charge < -0.3 is 10.0 Å². The molecule has 0 bridgehead atoms. The van der Waals surface area contributed by atoms with Gasteiger partial charge in [0.05, 0.1) is 0 Å². The predicted octanol–water partition coefficient (Wildman–Crippen LogP) is 5.02. The molecule has 4 unspecified atom stereocenters. The van der Waals surface area contributed by atoms with Crippen molar-refractivity contribution in [2.45, 2.75) is 63.4 Å². The first-order valence-corrected chi connectivity index (χ1v) is 11.7. The molecule has 1 aromatic rings. The van der Waals surface area contributed by atoms with Crippen LogP contribution in [0.15, 0.2) is 47.1 Å². The van der Waals surface area contributed by atoms with Crippen LogP contribution < -0.4 is 4.90 Å². The largest absolute Gasteiger partial charge is 0.378 e. The van der Waals surface area contributed by atoms with Gasteiger partial charge in [0.1, 0.15) is 5.60 Å². The molecule has 3 heteroatoms. The zero-order valence-electron chi connectivity index (χ0n) is 18.9. The Kier molecular flexibility index (Phi) is 4.72. The van der Waals surface area contributed by atoms with E-state index in [-0.39, 0.29) is 17.1 Å². The van der Waals surface area contributed by atoms with Gasteiger partial charge in [-0.05, 0) is 85.3 Å². The summed E-state index contributed by atoms with van der Waals surface area (Å²) >= 11 is 0. The Hall–Kier alpha value is -2.31. The molecule has 3 nitrogen and oxygen atoms in total. The third-order valence-corrected chi connectivity index (χ3v) is 8.94. The molecule has 1 N–H and O–H groups in total. The van der Waals surface area contributed by atoms with Crippen LogP contribution in [0.1, 0.15) is 63.4 Å². The molecule has 0 heterocycles. The molecule has 2 saturated carbocycles. The Morgan fingerprint density at radius 3 is 2.55 bits per heavy atom. The van der Waals surface area contributed by atoms with Crippen molar-refractivity contribution in [3.8, 4) is 12.3 Å². The van der Waals surface area contributed by atoms with Crippen molar-refractivity contribution in [2.75, 3.05) is 19.0 Å².